The van der Waals surface area contributed by atoms with Crippen LogP contribution in [-0.2, 0) is 13.0 Å². The monoisotopic (exact) mass is 290 g/mol. The van der Waals surface area contributed by atoms with Crippen LogP contribution in [0.5, 0.6) is 0 Å². The Bertz CT molecular complexity index is 730. The largest absolute Gasteiger partial charge is 0.393 e. The number of nitrogens with two attached hydrogens (primary N) is 1. The SMILES string of the molecule is CCCc1c(N)c(=O)n(-c2ccccc2[N+](=O)[O-])n1CC. The van der Waals surface area contributed by atoms with Gasteiger partial charge in [0.2, 0.25) is 0 Å². The highest BCUT2D eigenvalue weighted by Crippen LogP contribution is 2.23. The Morgan fingerprint density at radius 1 is 1.29 bits per heavy atom. The van der Waals surface area contributed by atoms with Crippen molar-refractivity contribution in [3.05, 3.63) is 50.4 Å². The minimum Gasteiger partial charge on any atom is -0.393 e. The predicted molar refractivity (Wildman–Crippen MR) is 80.8 cm³/mol. The first-order valence-corrected chi connectivity index (χ1v) is 6.86. The van der Waals surface area contributed by atoms with Crippen LogP contribution in [0.4, 0.5) is 11.4 Å². The number of nitrogens with zero attached hydrogens (tertiary/aromatic N) is 3. The van der Waals surface area contributed by atoms with Crippen LogP contribution in [0.25, 0.3) is 5.69 Å². The first-order chi connectivity index (χ1) is 10.0. The number of nitrogen functional groups attached to an aromatic ring is 1. The van der Waals surface area contributed by atoms with Crippen LogP contribution in [0.15, 0.2) is 29.1 Å². The van der Waals surface area contributed by atoms with Crippen molar-refractivity contribution in [2.75, 3.05) is 5.73 Å². The molecule has 21 heavy (non-hydrogen) atoms. The van der Waals surface area contributed by atoms with E-state index in [-0.39, 0.29) is 17.1 Å². The summed E-state index contributed by atoms with van der Waals surface area (Å²) in [6, 6.07) is 6.17. The van der Waals surface area contributed by atoms with Crippen molar-refractivity contribution in [2.45, 2.75) is 33.2 Å². The van der Waals surface area contributed by atoms with E-state index in [9.17, 15) is 14.9 Å². The number of anilines is 1. The van der Waals surface area contributed by atoms with Gasteiger partial charge in [0.25, 0.3) is 11.2 Å². The van der Waals surface area contributed by atoms with E-state index in [1.54, 1.807) is 22.9 Å². The number of nitro benzene ring substituents is 1. The van der Waals surface area contributed by atoms with Crippen molar-refractivity contribution in [3.8, 4) is 5.69 Å². The van der Waals surface area contributed by atoms with E-state index in [1.807, 2.05) is 13.8 Å². The Kier molecular flexibility index (Phi) is 4.11. The molecule has 2 rings (SSSR count). The van der Waals surface area contributed by atoms with E-state index in [0.717, 1.165) is 12.1 Å². The van der Waals surface area contributed by atoms with Gasteiger partial charge in [-0.1, -0.05) is 25.5 Å². The van der Waals surface area contributed by atoms with Crippen molar-refractivity contribution < 1.29 is 4.92 Å². The standard InChI is InChI=1S/C14H18N4O3/c1-3-7-12-13(15)14(19)17(16(12)4-2)10-8-5-6-9-11(10)18(20)21/h5-6,8-9H,3-4,7,15H2,1-2H3. The molecule has 1 aromatic carbocycles. The van der Waals surface area contributed by atoms with Crippen LogP contribution in [0.1, 0.15) is 26.0 Å². The van der Waals surface area contributed by atoms with E-state index in [0.29, 0.717) is 13.0 Å². The average molecular weight is 290 g/mol. The third kappa shape index (κ3) is 2.42. The molecule has 0 atom stereocenters. The molecule has 2 aromatic rings. The lowest BCUT2D eigenvalue weighted by molar-refractivity contribution is -0.384. The number of hydrogen-bond acceptors (Lipinski definition) is 4. The molecule has 0 aliphatic carbocycles. The fraction of sp³-hybridized carbons (Fsp3) is 0.357. The fourth-order valence-electron chi connectivity index (χ4n) is 2.48. The van der Waals surface area contributed by atoms with Crippen LogP contribution < -0.4 is 11.3 Å². The Morgan fingerprint density at radius 2 is 1.95 bits per heavy atom. The minimum absolute atomic E-state index is 0.116. The zero-order valence-electron chi connectivity index (χ0n) is 12.1. The third-order valence-electron chi connectivity index (χ3n) is 3.38. The second-order valence-electron chi connectivity index (χ2n) is 4.69. The van der Waals surface area contributed by atoms with Crippen molar-refractivity contribution in [2.24, 2.45) is 0 Å². The maximum atomic E-state index is 12.4. The Labute approximate surface area is 121 Å². The molecule has 1 aromatic heterocycles. The van der Waals surface area contributed by atoms with E-state index in [2.05, 4.69) is 0 Å². The lowest BCUT2D eigenvalue weighted by atomic mass is 10.2. The van der Waals surface area contributed by atoms with Crippen LogP contribution >= 0.6 is 0 Å². The van der Waals surface area contributed by atoms with Gasteiger partial charge in [-0.2, -0.15) is 0 Å². The highest BCUT2D eigenvalue weighted by atomic mass is 16.6. The maximum absolute atomic E-state index is 12.4. The van der Waals surface area contributed by atoms with Crippen LogP contribution in [0.2, 0.25) is 0 Å². The summed E-state index contributed by atoms with van der Waals surface area (Å²) in [5.74, 6) is 0. The second kappa shape index (κ2) is 5.82. The van der Waals surface area contributed by atoms with E-state index in [1.165, 1.54) is 10.7 Å². The maximum Gasteiger partial charge on any atom is 0.295 e. The summed E-state index contributed by atoms with van der Waals surface area (Å²) in [5.41, 5.74) is 6.51. The molecule has 7 heteroatoms. The molecule has 0 radical (unpaired) electrons. The van der Waals surface area contributed by atoms with Gasteiger partial charge in [-0.3, -0.25) is 19.6 Å². The molecule has 0 aliphatic heterocycles. The highest BCUT2D eigenvalue weighted by molar-refractivity contribution is 5.54. The molecule has 0 fully saturated rings. The molecule has 0 amide bonds. The number of aromatic nitrogens is 2. The number of rotatable bonds is 5. The molecule has 0 aliphatic rings. The predicted octanol–water partition coefficient (Wildman–Crippen LogP) is 2.10. The van der Waals surface area contributed by atoms with E-state index in [4.69, 9.17) is 5.73 Å². The topological polar surface area (TPSA) is 96.1 Å². The van der Waals surface area contributed by atoms with Gasteiger partial charge in [-0.15, -0.1) is 0 Å². The van der Waals surface area contributed by atoms with Gasteiger partial charge in [0, 0.05) is 12.6 Å². The fourth-order valence-corrected chi connectivity index (χ4v) is 2.48. The summed E-state index contributed by atoms with van der Waals surface area (Å²) in [6.07, 6.45) is 1.49. The zero-order valence-corrected chi connectivity index (χ0v) is 12.1. The smallest absolute Gasteiger partial charge is 0.295 e. The van der Waals surface area contributed by atoms with Crippen LogP contribution in [-0.4, -0.2) is 14.3 Å². The summed E-state index contributed by atoms with van der Waals surface area (Å²) in [5, 5.41) is 11.2. The molecular weight excluding hydrogens is 272 g/mol. The summed E-state index contributed by atoms with van der Waals surface area (Å²) in [7, 11) is 0. The summed E-state index contributed by atoms with van der Waals surface area (Å²) in [6.45, 7) is 4.38. The molecule has 7 nitrogen and oxygen atoms in total. The number of benzene rings is 1. The summed E-state index contributed by atoms with van der Waals surface area (Å²) in [4.78, 5) is 23.1. The lowest BCUT2D eigenvalue weighted by Crippen LogP contribution is -2.23. The minimum atomic E-state index is -0.496. The molecule has 0 unspecified atom stereocenters. The Balaban J connectivity index is 2.79. The van der Waals surface area contributed by atoms with Gasteiger partial charge in [-0.25, -0.2) is 4.68 Å². The van der Waals surface area contributed by atoms with E-state index >= 15 is 0 Å². The Hall–Kier alpha value is -2.57. The first kappa shape index (κ1) is 14.8. The molecule has 0 saturated heterocycles. The van der Waals surface area contributed by atoms with Crippen molar-refractivity contribution in [1.29, 1.82) is 0 Å². The second-order valence-corrected chi connectivity index (χ2v) is 4.69. The quantitative estimate of drug-likeness (QED) is 0.673. The highest BCUT2D eigenvalue weighted by Gasteiger charge is 2.22. The van der Waals surface area contributed by atoms with E-state index < -0.39 is 10.5 Å². The molecule has 1 heterocycles. The first-order valence-electron chi connectivity index (χ1n) is 6.86. The lowest BCUT2D eigenvalue weighted by Gasteiger charge is -2.12. The van der Waals surface area contributed by atoms with Gasteiger partial charge < -0.3 is 5.73 Å². The summed E-state index contributed by atoms with van der Waals surface area (Å²) >= 11 is 0. The number of para-hydroxylation sites is 2. The molecular formula is C14H18N4O3. The van der Waals surface area contributed by atoms with Crippen molar-refractivity contribution in [1.82, 2.24) is 9.36 Å². The van der Waals surface area contributed by atoms with Crippen LogP contribution in [0, 0.1) is 10.1 Å². The Morgan fingerprint density at radius 3 is 2.52 bits per heavy atom. The van der Waals surface area contributed by atoms with Crippen LogP contribution in [0.3, 0.4) is 0 Å². The number of hydrogen-bond donors (Lipinski definition) is 1. The number of nitro groups is 1. The normalized spacial score (nSPS) is 10.8. The molecule has 112 valence electrons. The average Bonchev–Trinajstić information content (AvgIpc) is 2.72. The van der Waals surface area contributed by atoms with Gasteiger partial charge in [0.05, 0.1) is 10.6 Å². The summed E-state index contributed by atoms with van der Waals surface area (Å²) < 4.78 is 3.02. The molecule has 2 N–H and O–H groups in total. The third-order valence-corrected chi connectivity index (χ3v) is 3.38. The van der Waals surface area contributed by atoms with Gasteiger partial charge >= 0.3 is 0 Å². The van der Waals surface area contributed by atoms with Gasteiger partial charge in [-0.05, 0) is 19.4 Å². The molecule has 0 spiro atoms. The van der Waals surface area contributed by atoms with Gasteiger partial charge in [0.1, 0.15) is 11.4 Å². The molecule has 0 saturated carbocycles. The van der Waals surface area contributed by atoms with Crippen molar-refractivity contribution >= 4 is 11.4 Å². The zero-order chi connectivity index (χ0) is 15.6. The van der Waals surface area contributed by atoms with Crippen molar-refractivity contribution in [3.63, 3.8) is 0 Å². The van der Waals surface area contributed by atoms with Gasteiger partial charge in [0.15, 0.2) is 0 Å². The molecule has 0 bridgehead atoms.